The Morgan fingerprint density at radius 1 is 0.775 bits per heavy atom. The number of aliphatic imine (C=N–C) groups is 1. The predicted molar refractivity (Wildman–Crippen MR) is 169 cm³/mol. The molecule has 4 aromatic carbocycles. The van der Waals surface area contributed by atoms with Crippen molar-refractivity contribution in [2.45, 2.75) is 58.4 Å². The number of halogens is 2. The Labute approximate surface area is 259 Å². The van der Waals surface area contributed by atoms with E-state index in [-0.39, 0.29) is 11.8 Å². The summed E-state index contributed by atoms with van der Waals surface area (Å²) in [5.41, 5.74) is 5.53. The van der Waals surface area contributed by atoms with Gasteiger partial charge >= 0.3 is 37.9 Å². The van der Waals surface area contributed by atoms with Crippen LogP contribution in [-0.4, -0.2) is 17.4 Å². The van der Waals surface area contributed by atoms with Gasteiger partial charge in [-0.25, -0.2) is 0 Å². The van der Waals surface area contributed by atoms with E-state index >= 15 is 0 Å². The van der Waals surface area contributed by atoms with E-state index < -0.39 is 26.3 Å². The molecule has 0 radical (unpaired) electrons. The molecule has 4 rings (SSSR count). The van der Waals surface area contributed by atoms with Gasteiger partial charge in [-0.3, -0.25) is 4.99 Å². The quantitative estimate of drug-likeness (QED) is 0.134. The van der Waals surface area contributed by atoms with Crippen LogP contribution in [0.25, 0.3) is 11.1 Å². The second kappa shape index (κ2) is 16.3. The van der Waals surface area contributed by atoms with Crippen molar-refractivity contribution in [1.82, 2.24) is 0 Å². The second-order valence-electron chi connectivity index (χ2n) is 10.7. The normalized spacial score (nSPS) is 12.2. The molecule has 0 heterocycles. The fraction of sp³-hybridized carbons (Fsp3) is 0.286. The Kier molecular flexibility index (Phi) is 13.2. The van der Waals surface area contributed by atoms with Crippen LogP contribution in [-0.2, 0) is 26.3 Å². The molecule has 0 amide bonds. The third-order valence-electron chi connectivity index (χ3n) is 7.36. The number of benzene rings is 4. The summed E-state index contributed by atoms with van der Waals surface area (Å²) in [4.78, 5) is 4.87. The summed E-state index contributed by atoms with van der Waals surface area (Å²) in [7, 11) is 9.87. The van der Waals surface area contributed by atoms with Crippen LogP contribution in [0.3, 0.4) is 0 Å². The first-order chi connectivity index (χ1) is 19.3. The van der Waals surface area contributed by atoms with Crippen molar-refractivity contribution in [2.24, 2.45) is 10.9 Å². The molecule has 0 saturated carbocycles. The van der Waals surface area contributed by atoms with Gasteiger partial charge in [0.15, 0.2) is 0 Å². The van der Waals surface area contributed by atoms with Crippen LogP contribution in [0, 0.1) is 5.92 Å². The Morgan fingerprint density at radius 2 is 1.27 bits per heavy atom. The minimum atomic E-state index is -0.826. The zero-order valence-corrected chi connectivity index (χ0v) is 27.8. The molecular weight excluding hydrogens is 613 g/mol. The molecule has 0 saturated heterocycles. The summed E-state index contributed by atoms with van der Waals surface area (Å²) < 4.78 is 0. The van der Waals surface area contributed by atoms with Gasteiger partial charge in [-0.2, -0.15) is 0 Å². The predicted octanol–water partition coefficient (Wildman–Crippen LogP) is 10.4. The van der Waals surface area contributed by atoms with Gasteiger partial charge in [-0.1, -0.05) is 118 Å². The van der Waals surface area contributed by atoms with E-state index in [4.69, 9.17) is 22.0 Å². The zero-order chi connectivity index (χ0) is 29.0. The summed E-state index contributed by atoms with van der Waals surface area (Å²) in [6.07, 6.45) is 5.30. The second-order valence-corrected chi connectivity index (χ2v) is 14.4. The van der Waals surface area contributed by atoms with Crippen molar-refractivity contribution in [1.29, 1.82) is 0 Å². The number of aromatic hydroxyl groups is 1. The molecule has 0 aliphatic rings. The molecular formula is C35H39Cl2NOZr. The standard InChI is InChI=1S/C35H39NO.2ClH.Zr/c1-26(2)15-14-16-27(3)36-25-30-23-29(28-17-8-5-9-18-28)24-33(34(30)37)35(4,31-19-10-6-11-20-31)32-21-12-7-13-22-32;;;/h5-13,17-27,37H,14-16H2,1-4H3;2*1H;/q;;;+2/p-2. The molecule has 4 aromatic rings. The Balaban J connectivity index is 0.00000141. The van der Waals surface area contributed by atoms with Gasteiger partial charge in [0, 0.05) is 28.8 Å². The molecule has 1 atom stereocenters. The topological polar surface area (TPSA) is 32.6 Å². The van der Waals surface area contributed by atoms with Crippen LogP contribution in [0.5, 0.6) is 5.75 Å². The van der Waals surface area contributed by atoms with Crippen molar-refractivity contribution in [2.75, 3.05) is 0 Å². The summed E-state index contributed by atoms with van der Waals surface area (Å²) in [5, 5.41) is 11.8. The van der Waals surface area contributed by atoms with Crippen LogP contribution in [0.4, 0.5) is 0 Å². The van der Waals surface area contributed by atoms with Crippen LogP contribution in [0.1, 0.15) is 69.2 Å². The van der Waals surface area contributed by atoms with Crippen LogP contribution < -0.4 is 0 Å². The molecule has 0 aliphatic carbocycles. The molecule has 0 spiro atoms. The molecule has 208 valence electrons. The van der Waals surface area contributed by atoms with E-state index in [0.29, 0.717) is 5.92 Å². The maximum atomic E-state index is 11.8. The monoisotopic (exact) mass is 649 g/mol. The Hall–Kier alpha value is -2.19. The number of phenolic OH excluding ortho intramolecular Hbond substituents is 1. The molecule has 40 heavy (non-hydrogen) atoms. The fourth-order valence-electron chi connectivity index (χ4n) is 5.06. The summed E-state index contributed by atoms with van der Waals surface area (Å²) in [6.45, 7) is 8.89. The third kappa shape index (κ3) is 8.66. The maximum absolute atomic E-state index is 11.8. The van der Waals surface area contributed by atoms with E-state index in [1.807, 2.05) is 24.4 Å². The average molecular weight is 652 g/mol. The SMILES string of the molecule is CC(C)CCCC(C)N=Cc1cc(-c2ccccc2)cc(C(C)(c2ccccc2)c2ccccc2)c1O.[Cl][Zr][Cl]. The van der Waals surface area contributed by atoms with Gasteiger partial charge in [0.05, 0.1) is 0 Å². The third-order valence-corrected chi connectivity index (χ3v) is 7.36. The van der Waals surface area contributed by atoms with E-state index in [0.717, 1.165) is 46.2 Å². The minimum absolute atomic E-state index is 0.205. The molecule has 0 aliphatic heterocycles. The number of rotatable bonds is 10. The molecule has 1 N–H and O–H groups in total. The summed E-state index contributed by atoms with van der Waals surface area (Å²) in [6, 6.07) is 35.7. The van der Waals surface area contributed by atoms with Gasteiger partial charge in [-0.05, 0) is 60.6 Å². The average Bonchev–Trinajstić information content (AvgIpc) is 2.98. The van der Waals surface area contributed by atoms with Gasteiger partial charge < -0.3 is 5.11 Å². The van der Waals surface area contributed by atoms with E-state index in [2.05, 4.69) is 113 Å². The van der Waals surface area contributed by atoms with E-state index in [9.17, 15) is 5.11 Å². The first-order valence-electron chi connectivity index (χ1n) is 13.8. The number of phenols is 1. The van der Waals surface area contributed by atoms with Gasteiger partial charge in [0.25, 0.3) is 0 Å². The molecule has 0 fully saturated rings. The Bertz CT molecular complexity index is 1290. The van der Waals surface area contributed by atoms with Gasteiger partial charge in [-0.15, -0.1) is 0 Å². The first-order valence-corrected chi connectivity index (χ1v) is 20.2. The number of nitrogens with zero attached hydrogens (tertiary/aromatic N) is 1. The van der Waals surface area contributed by atoms with Crippen molar-refractivity contribution >= 4 is 23.2 Å². The number of hydrogen-bond donors (Lipinski definition) is 1. The molecule has 1 unspecified atom stereocenters. The summed E-state index contributed by atoms with van der Waals surface area (Å²) >= 11 is -0.826. The Morgan fingerprint density at radius 3 is 1.77 bits per heavy atom. The van der Waals surface area contributed by atoms with Crippen LogP contribution in [0.15, 0.2) is 108 Å². The van der Waals surface area contributed by atoms with Crippen molar-refractivity contribution in [3.05, 3.63) is 125 Å². The van der Waals surface area contributed by atoms with E-state index in [1.54, 1.807) is 0 Å². The van der Waals surface area contributed by atoms with Crippen LogP contribution >= 0.6 is 17.0 Å². The molecule has 0 aromatic heterocycles. The zero-order valence-electron chi connectivity index (χ0n) is 23.8. The van der Waals surface area contributed by atoms with E-state index in [1.165, 1.54) is 6.42 Å². The van der Waals surface area contributed by atoms with Crippen molar-refractivity contribution in [3.63, 3.8) is 0 Å². The molecule has 5 heteroatoms. The summed E-state index contributed by atoms with van der Waals surface area (Å²) in [5.74, 6) is 0.993. The van der Waals surface area contributed by atoms with Gasteiger partial charge in [0.2, 0.25) is 0 Å². The van der Waals surface area contributed by atoms with Crippen molar-refractivity contribution < 1.29 is 26.0 Å². The first kappa shape index (κ1) is 32.3. The van der Waals surface area contributed by atoms with Gasteiger partial charge in [0.1, 0.15) is 5.75 Å². The molecule has 2 nitrogen and oxygen atoms in total. The number of hydrogen-bond acceptors (Lipinski definition) is 2. The van der Waals surface area contributed by atoms with Crippen molar-refractivity contribution in [3.8, 4) is 16.9 Å². The molecule has 0 bridgehead atoms. The van der Waals surface area contributed by atoms with Crippen LogP contribution in [0.2, 0.25) is 0 Å². The fourth-order valence-corrected chi connectivity index (χ4v) is 5.06.